The monoisotopic (exact) mass is 332 g/mol. The van der Waals surface area contributed by atoms with E-state index in [9.17, 15) is 4.79 Å². The third-order valence-corrected chi connectivity index (χ3v) is 4.23. The van der Waals surface area contributed by atoms with E-state index in [4.69, 9.17) is 0 Å². The summed E-state index contributed by atoms with van der Waals surface area (Å²) in [7, 11) is 0. The predicted molar refractivity (Wildman–Crippen MR) is 95.0 cm³/mol. The molecular formula is C18H12N4OS. The number of rotatable bonds is 3. The molecule has 0 saturated carbocycles. The lowest BCUT2D eigenvalue weighted by Crippen LogP contribution is -2.14. The van der Waals surface area contributed by atoms with Gasteiger partial charge in [-0.05, 0) is 12.1 Å². The van der Waals surface area contributed by atoms with Crippen LogP contribution in [0, 0.1) is 0 Å². The van der Waals surface area contributed by atoms with E-state index in [1.165, 1.54) is 17.5 Å². The zero-order valence-electron chi connectivity index (χ0n) is 12.5. The molecule has 0 unspecified atom stereocenters. The summed E-state index contributed by atoms with van der Waals surface area (Å²) in [5.41, 5.74) is 3.56. The van der Waals surface area contributed by atoms with Crippen LogP contribution in [0.1, 0.15) is 10.5 Å². The number of benzene rings is 2. The summed E-state index contributed by atoms with van der Waals surface area (Å²) in [5.74, 6) is -0.317. The number of carbonyl (C=O) groups is 1. The van der Waals surface area contributed by atoms with E-state index < -0.39 is 0 Å². The zero-order valence-corrected chi connectivity index (χ0v) is 13.3. The first-order chi connectivity index (χ1) is 11.8. The van der Waals surface area contributed by atoms with Gasteiger partial charge in [0.2, 0.25) is 0 Å². The second-order valence-corrected chi connectivity index (χ2v) is 5.96. The SMILES string of the molecule is O=C(Nc1nc(-c2ccccc2)cs1)c1cnc2ccccc2n1. The van der Waals surface area contributed by atoms with E-state index in [1.807, 2.05) is 60.0 Å². The zero-order chi connectivity index (χ0) is 16.4. The predicted octanol–water partition coefficient (Wildman–Crippen LogP) is 4.01. The van der Waals surface area contributed by atoms with Gasteiger partial charge in [0.1, 0.15) is 5.69 Å². The third-order valence-electron chi connectivity index (χ3n) is 3.48. The molecule has 2 heterocycles. The van der Waals surface area contributed by atoms with Gasteiger partial charge in [-0.1, -0.05) is 42.5 Å². The molecule has 4 aromatic rings. The Labute approximate surface area is 142 Å². The number of carbonyl (C=O) groups excluding carboxylic acids is 1. The molecule has 116 valence electrons. The number of fused-ring (bicyclic) bond motifs is 1. The summed E-state index contributed by atoms with van der Waals surface area (Å²) >= 11 is 1.38. The van der Waals surface area contributed by atoms with Crippen LogP contribution < -0.4 is 5.32 Å². The number of thiazole rings is 1. The maximum absolute atomic E-state index is 12.4. The minimum absolute atomic E-state index is 0.269. The van der Waals surface area contributed by atoms with Gasteiger partial charge in [0.25, 0.3) is 5.91 Å². The van der Waals surface area contributed by atoms with Gasteiger partial charge >= 0.3 is 0 Å². The van der Waals surface area contributed by atoms with Crippen LogP contribution in [0.5, 0.6) is 0 Å². The van der Waals surface area contributed by atoms with Crippen molar-refractivity contribution >= 4 is 33.4 Å². The Morgan fingerprint density at radius 3 is 2.50 bits per heavy atom. The van der Waals surface area contributed by atoms with E-state index in [1.54, 1.807) is 0 Å². The third kappa shape index (κ3) is 2.87. The minimum atomic E-state index is -0.317. The summed E-state index contributed by atoms with van der Waals surface area (Å²) in [6.45, 7) is 0. The normalized spacial score (nSPS) is 10.7. The van der Waals surface area contributed by atoms with Crippen LogP contribution in [0.2, 0.25) is 0 Å². The Balaban J connectivity index is 1.56. The molecule has 0 radical (unpaired) electrons. The van der Waals surface area contributed by atoms with Gasteiger partial charge in [-0.25, -0.2) is 9.97 Å². The number of anilines is 1. The van der Waals surface area contributed by atoms with Crippen molar-refractivity contribution in [3.8, 4) is 11.3 Å². The van der Waals surface area contributed by atoms with Crippen LogP contribution in [0.15, 0.2) is 66.2 Å². The fourth-order valence-corrected chi connectivity index (χ4v) is 3.02. The van der Waals surface area contributed by atoms with Crippen molar-refractivity contribution in [2.24, 2.45) is 0 Å². The van der Waals surface area contributed by atoms with E-state index in [0.29, 0.717) is 10.6 Å². The molecule has 2 aromatic heterocycles. The second-order valence-electron chi connectivity index (χ2n) is 5.10. The first-order valence-corrected chi connectivity index (χ1v) is 8.22. The maximum atomic E-state index is 12.4. The van der Waals surface area contributed by atoms with E-state index in [2.05, 4.69) is 20.3 Å². The quantitative estimate of drug-likeness (QED) is 0.615. The Bertz CT molecular complexity index is 1010. The molecule has 0 fully saturated rings. The topological polar surface area (TPSA) is 67.8 Å². The average molecular weight is 332 g/mol. The highest BCUT2D eigenvalue weighted by atomic mass is 32.1. The van der Waals surface area contributed by atoms with Gasteiger partial charge in [-0.2, -0.15) is 0 Å². The molecule has 1 amide bonds. The van der Waals surface area contributed by atoms with Gasteiger partial charge in [-0.3, -0.25) is 15.1 Å². The second kappa shape index (κ2) is 6.17. The Morgan fingerprint density at radius 2 is 1.67 bits per heavy atom. The van der Waals surface area contributed by atoms with Gasteiger partial charge in [0.15, 0.2) is 5.13 Å². The van der Waals surface area contributed by atoms with Crippen molar-refractivity contribution in [3.63, 3.8) is 0 Å². The van der Waals surface area contributed by atoms with E-state index >= 15 is 0 Å². The number of para-hydroxylation sites is 2. The molecule has 0 aliphatic rings. The van der Waals surface area contributed by atoms with Crippen molar-refractivity contribution in [1.82, 2.24) is 15.0 Å². The molecule has 5 nitrogen and oxygen atoms in total. The summed E-state index contributed by atoms with van der Waals surface area (Å²) in [6.07, 6.45) is 1.48. The molecule has 0 atom stereocenters. The molecule has 24 heavy (non-hydrogen) atoms. The Morgan fingerprint density at radius 1 is 0.917 bits per heavy atom. The summed E-state index contributed by atoms with van der Waals surface area (Å²) < 4.78 is 0. The highest BCUT2D eigenvalue weighted by Crippen LogP contribution is 2.24. The van der Waals surface area contributed by atoms with Crippen LogP contribution in [0.25, 0.3) is 22.3 Å². The number of nitrogens with zero attached hydrogens (tertiary/aromatic N) is 3. The Hall–Kier alpha value is -3.12. The van der Waals surface area contributed by atoms with E-state index in [0.717, 1.165) is 16.8 Å². The molecule has 0 spiro atoms. The van der Waals surface area contributed by atoms with Crippen molar-refractivity contribution in [1.29, 1.82) is 0 Å². The molecule has 0 bridgehead atoms. The highest BCUT2D eigenvalue weighted by Gasteiger charge is 2.12. The van der Waals surface area contributed by atoms with Gasteiger partial charge in [0.05, 0.1) is 22.9 Å². The lowest BCUT2D eigenvalue weighted by molar-refractivity contribution is 0.102. The van der Waals surface area contributed by atoms with Crippen LogP contribution in [-0.4, -0.2) is 20.9 Å². The molecule has 4 rings (SSSR count). The molecule has 2 aromatic carbocycles. The smallest absolute Gasteiger partial charge is 0.277 e. The first kappa shape index (κ1) is 14.5. The van der Waals surface area contributed by atoms with Gasteiger partial charge in [0, 0.05) is 10.9 Å². The molecular weight excluding hydrogens is 320 g/mol. The molecule has 0 saturated heterocycles. The maximum Gasteiger partial charge on any atom is 0.277 e. The standard InChI is InChI=1S/C18H12N4OS/c23-17(15-10-19-13-8-4-5-9-14(13)20-15)22-18-21-16(11-24-18)12-6-2-1-3-7-12/h1-11H,(H,21,22,23). The Kier molecular flexibility index (Phi) is 3.72. The largest absolute Gasteiger partial charge is 0.296 e. The van der Waals surface area contributed by atoms with E-state index in [-0.39, 0.29) is 11.6 Å². The summed E-state index contributed by atoms with van der Waals surface area (Å²) in [5, 5.41) is 5.23. The first-order valence-electron chi connectivity index (χ1n) is 7.34. The van der Waals surface area contributed by atoms with Crippen LogP contribution in [0.3, 0.4) is 0 Å². The molecule has 6 heteroatoms. The number of nitrogens with one attached hydrogen (secondary N) is 1. The number of aromatic nitrogens is 3. The van der Waals surface area contributed by atoms with Crippen LogP contribution >= 0.6 is 11.3 Å². The van der Waals surface area contributed by atoms with Crippen molar-refractivity contribution in [3.05, 3.63) is 71.9 Å². The number of amides is 1. The number of hydrogen-bond acceptors (Lipinski definition) is 5. The average Bonchev–Trinajstić information content (AvgIpc) is 3.10. The van der Waals surface area contributed by atoms with Crippen molar-refractivity contribution < 1.29 is 4.79 Å². The summed E-state index contributed by atoms with van der Waals surface area (Å²) in [6, 6.07) is 17.3. The highest BCUT2D eigenvalue weighted by molar-refractivity contribution is 7.14. The lowest BCUT2D eigenvalue weighted by atomic mass is 10.2. The lowest BCUT2D eigenvalue weighted by Gasteiger charge is -2.02. The fraction of sp³-hybridized carbons (Fsp3) is 0. The molecule has 1 N–H and O–H groups in total. The van der Waals surface area contributed by atoms with Gasteiger partial charge < -0.3 is 0 Å². The van der Waals surface area contributed by atoms with Crippen LogP contribution in [-0.2, 0) is 0 Å². The van der Waals surface area contributed by atoms with Crippen molar-refractivity contribution in [2.45, 2.75) is 0 Å². The molecule has 0 aliphatic carbocycles. The fourth-order valence-electron chi connectivity index (χ4n) is 2.30. The van der Waals surface area contributed by atoms with Crippen molar-refractivity contribution in [2.75, 3.05) is 5.32 Å². The summed E-state index contributed by atoms with van der Waals surface area (Å²) in [4.78, 5) is 25.4. The van der Waals surface area contributed by atoms with Gasteiger partial charge in [-0.15, -0.1) is 11.3 Å². The minimum Gasteiger partial charge on any atom is -0.296 e. The van der Waals surface area contributed by atoms with Crippen LogP contribution in [0.4, 0.5) is 5.13 Å². The molecule has 0 aliphatic heterocycles. The number of hydrogen-bond donors (Lipinski definition) is 1.